The summed E-state index contributed by atoms with van der Waals surface area (Å²) in [5, 5.41) is 9.14. The van der Waals surface area contributed by atoms with Crippen molar-refractivity contribution < 1.29 is 9.50 Å². The zero-order chi connectivity index (χ0) is 14.0. The van der Waals surface area contributed by atoms with Crippen LogP contribution in [0.4, 0.5) is 15.8 Å². The highest BCUT2D eigenvalue weighted by Gasteiger charge is 2.08. The first-order valence-electron chi connectivity index (χ1n) is 6.22. The van der Waals surface area contributed by atoms with Gasteiger partial charge in [-0.3, -0.25) is 0 Å². The first-order chi connectivity index (χ1) is 8.99. The number of aliphatic hydroxyl groups excluding tert-OH is 1. The van der Waals surface area contributed by atoms with Crippen molar-refractivity contribution in [2.45, 2.75) is 20.5 Å². The summed E-state index contributed by atoms with van der Waals surface area (Å²) in [6.07, 6.45) is 0. The number of nitrogens with zero attached hydrogens (tertiary/aromatic N) is 1. The molecule has 0 bridgehead atoms. The molecule has 2 rings (SSSR count). The highest BCUT2D eigenvalue weighted by Crippen LogP contribution is 2.27. The van der Waals surface area contributed by atoms with Gasteiger partial charge >= 0.3 is 0 Å². The van der Waals surface area contributed by atoms with Crippen molar-refractivity contribution in [3.05, 3.63) is 58.9 Å². The standard InChI is InChI=1S/C16H18FNO/c1-11-4-12(2)6-15(5-11)18(3)16-8-13(10-19)7-14(17)9-16/h4-9,19H,10H2,1-3H3. The van der Waals surface area contributed by atoms with Gasteiger partial charge in [0.15, 0.2) is 0 Å². The third kappa shape index (κ3) is 3.12. The van der Waals surface area contributed by atoms with Crippen molar-refractivity contribution in [3.63, 3.8) is 0 Å². The zero-order valence-electron chi connectivity index (χ0n) is 11.4. The number of hydrogen-bond acceptors (Lipinski definition) is 2. The van der Waals surface area contributed by atoms with Gasteiger partial charge in [-0.05, 0) is 60.9 Å². The minimum Gasteiger partial charge on any atom is -0.392 e. The van der Waals surface area contributed by atoms with E-state index in [1.165, 1.54) is 23.3 Å². The molecule has 0 heterocycles. The van der Waals surface area contributed by atoms with Crippen LogP contribution in [-0.4, -0.2) is 12.2 Å². The fourth-order valence-corrected chi connectivity index (χ4v) is 2.21. The Morgan fingerprint density at radius 2 is 1.53 bits per heavy atom. The molecule has 0 aromatic heterocycles. The number of aryl methyl sites for hydroxylation is 2. The molecular formula is C16H18FNO. The van der Waals surface area contributed by atoms with Gasteiger partial charge in [-0.15, -0.1) is 0 Å². The summed E-state index contributed by atoms with van der Waals surface area (Å²) in [7, 11) is 1.89. The van der Waals surface area contributed by atoms with Gasteiger partial charge in [0.1, 0.15) is 5.82 Å². The van der Waals surface area contributed by atoms with E-state index >= 15 is 0 Å². The fourth-order valence-electron chi connectivity index (χ4n) is 2.21. The molecule has 0 spiro atoms. The normalized spacial score (nSPS) is 10.6. The van der Waals surface area contributed by atoms with E-state index in [1.807, 2.05) is 25.8 Å². The van der Waals surface area contributed by atoms with Crippen molar-refractivity contribution in [2.75, 3.05) is 11.9 Å². The quantitative estimate of drug-likeness (QED) is 0.908. The number of hydrogen-bond donors (Lipinski definition) is 1. The third-order valence-electron chi connectivity index (χ3n) is 3.11. The van der Waals surface area contributed by atoms with Gasteiger partial charge in [-0.1, -0.05) is 6.07 Å². The van der Waals surface area contributed by atoms with Crippen molar-refractivity contribution >= 4 is 11.4 Å². The molecule has 1 N–H and O–H groups in total. The predicted octanol–water partition coefficient (Wildman–Crippen LogP) is 3.70. The summed E-state index contributed by atoms with van der Waals surface area (Å²) in [5.41, 5.74) is 4.65. The second kappa shape index (κ2) is 5.41. The SMILES string of the molecule is Cc1cc(C)cc(N(C)c2cc(F)cc(CO)c2)c1. The Kier molecular flexibility index (Phi) is 3.86. The summed E-state index contributed by atoms with van der Waals surface area (Å²) < 4.78 is 13.5. The van der Waals surface area contributed by atoms with Gasteiger partial charge < -0.3 is 10.0 Å². The third-order valence-corrected chi connectivity index (χ3v) is 3.11. The second-order valence-corrected chi connectivity index (χ2v) is 4.88. The highest BCUT2D eigenvalue weighted by molar-refractivity contribution is 5.64. The van der Waals surface area contributed by atoms with E-state index in [2.05, 4.69) is 18.2 Å². The number of anilines is 2. The summed E-state index contributed by atoms with van der Waals surface area (Å²) in [6.45, 7) is 3.91. The van der Waals surface area contributed by atoms with E-state index in [1.54, 1.807) is 6.07 Å². The summed E-state index contributed by atoms with van der Waals surface area (Å²) in [4.78, 5) is 1.92. The minimum atomic E-state index is -0.335. The Morgan fingerprint density at radius 1 is 0.947 bits per heavy atom. The topological polar surface area (TPSA) is 23.5 Å². The van der Waals surface area contributed by atoms with E-state index < -0.39 is 0 Å². The molecule has 0 aliphatic rings. The number of halogens is 1. The van der Waals surface area contributed by atoms with Crippen molar-refractivity contribution in [2.24, 2.45) is 0 Å². The van der Waals surface area contributed by atoms with Crippen LogP contribution in [0.25, 0.3) is 0 Å². The van der Waals surface area contributed by atoms with E-state index in [0.717, 1.165) is 11.4 Å². The molecule has 0 aliphatic carbocycles. The Morgan fingerprint density at radius 3 is 2.11 bits per heavy atom. The van der Waals surface area contributed by atoms with E-state index in [4.69, 9.17) is 5.11 Å². The molecule has 0 amide bonds. The number of rotatable bonds is 3. The summed E-state index contributed by atoms with van der Waals surface area (Å²) in [5.74, 6) is -0.335. The molecule has 2 aromatic rings. The zero-order valence-corrected chi connectivity index (χ0v) is 11.4. The minimum absolute atomic E-state index is 0.161. The van der Waals surface area contributed by atoms with Gasteiger partial charge in [-0.2, -0.15) is 0 Å². The van der Waals surface area contributed by atoms with E-state index in [-0.39, 0.29) is 12.4 Å². The van der Waals surface area contributed by atoms with Crippen LogP contribution in [0.3, 0.4) is 0 Å². The fraction of sp³-hybridized carbons (Fsp3) is 0.250. The lowest BCUT2D eigenvalue weighted by Crippen LogP contribution is -2.10. The lowest BCUT2D eigenvalue weighted by Gasteiger charge is -2.21. The van der Waals surface area contributed by atoms with Crippen molar-refractivity contribution in [1.82, 2.24) is 0 Å². The molecule has 19 heavy (non-hydrogen) atoms. The molecule has 2 aromatic carbocycles. The van der Waals surface area contributed by atoms with Gasteiger partial charge in [0.2, 0.25) is 0 Å². The van der Waals surface area contributed by atoms with Crippen LogP contribution < -0.4 is 4.90 Å². The van der Waals surface area contributed by atoms with Gasteiger partial charge in [0, 0.05) is 18.4 Å². The lowest BCUT2D eigenvalue weighted by molar-refractivity contribution is 0.281. The molecule has 0 unspecified atom stereocenters. The molecule has 0 fully saturated rings. The monoisotopic (exact) mass is 259 g/mol. The highest BCUT2D eigenvalue weighted by atomic mass is 19.1. The molecule has 100 valence electrons. The van der Waals surface area contributed by atoms with Crippen LogP contribution >= 0.6 is 0 Å². The summed E-state index contributed by atoms with van der Waals surface area (Å²) in [6, 6.07) is 10.8. The maximum atomic E-state index is 13.5. The van der Waals surface area contributed by atoms with Crippen LogP contribution in [-0.2, 0) is 6.61 Å². The van der Waals surface area contributed by atoms with Gasteiger partial charge in [-0.25, -0.2) is 4.39 Å². The average molecular weight is 259 g/mol. The molecule has 2 nitrogen and oxygen atoms in total. The van der Waals surface area contributed by atoms with Crippen molar-refractivity contribution in [1.29, 1.82) is 0 Å². The largest absolute Gasteiger partial charge is 0.392 e. The molecule has 0 radical (unpaired) electrons. The molecule has 0 saturated carbocycles. The van der Waals surface area contributed by atoms with Crippen LogP contribution in [0.5, 0.6) is 0 Å². The van der Waals surface area contributed by atoms with Crippen LogP contribution in [0, 0.1) is 19.7 Å². The van der Waals surface area contributed by atoms with E-state index in [0.29, 0.717) is 5.56 Å². The average Bonchev–Trinajstić information content (AvgIpc) is 2.35. The number of benzene rings is 2. The molecular weight excluding hydrogens is 241 g/mol. The molecule has 0 atom stereocenters. The van der Waals surface area contributed by atoms with Crippen LogP contribution in [0.15, 0.2) is 36.4 Å². The molecule has 0 saturated heterocycles. The van der Waals surface area contributed by atoms with Crippen LogP contribution in [0.2, 0.25) is 0 Å². The predicted molar refractivity (Wildman–Crippen MR) is 76.3 cm³/mol. The summed E-state index contributed by atoms with van der Waals surface area (Å²) >= 11 is 0. The Balaban J connectivity index is 2.43. The second-order valence-electron chi connectivity index (χ2n) is 4.88. The number of aliphatic hydroxyl groups is 1. The maximum absolute atomic E-state index is 13.5. The molecule has 0 aliphatic heterocycles. The Labute approximate surface area is 113 Å². The van der Waals surface area contributed by atoms with E-state index in [9.17, 15) is 4.39 Å². The molecule has 3 heteroatoms. The Hall–Kier alpha value is -1.87. The Bertz CT molecular complexity index is 575. The van der Waals surface area contributed by atoms with Gasteiger partial charge in [0.25, 0.3) is 0 Å². The smallest absolute Gasteiger partial charge is 0.125 e. The maximum Gasteiger partial charge on any atom is 0.125 e. The first kappa shape index (κ1) is 13.6. The first-order valence-corrected chi connectivity index (χ1v) is 6.22. The van der Waals surface area contributed by atoms with Crippen LogP contribution in [0.1, 0.15) is 16.7 Å². The van der Waals surface area contributed by atoms with Gasteiger partial charge in [0.05, 0.1) is 6.61 Å². The lowest BCUT2D eigenvalue weighted by atomic mass is 10.1. The van der Waals surface area contributed by atoms with Crippen molar-refractivity contribution in [3.8, 4) is 0 Å².